The van der Waals surface area contributed by atoms with Crippen LogP contribution in [-0.2, 0) is 16.0 Å². The predicted octanol–water partition coefficient (Wildman–Crippen LogP) is 3.78. The average Bonchev–Trinajstić information content (AvgIpc) is 2.65. The van der Waals surface area contributed by atoms with Crippen molar-refractivity contribution in [2.24, 2.45) is 5.92 Å². The number of alkyl carbamates (subject to hydrolysis) is 1. The number of methoxy groups -OCH3 is 1. The van der Waals surface area contributed by atoms with Crippen molar-refractivity contribution in [1.82, 2.24) is 10.2 Å². The molecular formula is C22H34N2O4. The maximum absolute atomic E-state index is 12.6. The van der Waals surface area contributed by atoms with Gasteiger partial charge in [0.25, 0.3) is 0 Å². The van der Waals surface area contributed by atoms with E-state index in [2.05, 4.69) is 5.32 Å². The van der Waals surface area contributed by atoms with Crippen LogP contribution in [0.1, 0.15) is 52.0 Å². The SMILES string of the molecule is COc1cccc(CCC(=O)N2CCC[C@H](CCNC(=O)OC(C)(C)C)C2)c1. The van der Waals surface area contributed by atoms with E-state index in [-0.39, 0.29) is 12.0 Å². The first-order valence-electron chi connectivity index (χ1n) is 10.1. The Morgan fingerprint density at radius 2 is 2.07 bits per heavy atom. The Bertz CT molecular complexity index is 654. The lowest BCUT2D eigenvalue weighted by Crippen LogP contribution is -2.41. The molecule has 2 amide bonds. The van der Waals surface area contributed by atoms with Gasteiger partial charge in [0.15, 0.2) is 0 Å². The quantitative estimate of drug-likeness (QED) is 0.769. The standard InChI is InChI=1S/C22H34N2O4/c1-22(2,3)28-21(26)23-13-12-18-8-6-14-24(16-18)20(25)11-10-17-7-5-9-19(15-17)27-4/h5,7,9,15,18H,6,8,10-14,16H2,1-4H3,(H,23,26)/t18-/m1/s1. The van der Waals surface area contributed by atoms with E-state index in [1.807, 2.05) is 49.9 Å². The van der Waals surface area contributed by atoms with Crippen molar-refractivity contribution in [3.8, 4) is 5.75 Å². The first-order valence-corrected chi connectivity index (χ1v) is 10.1. The molecule has 1 aromatic carbocycles. The molecule has 0 radical (unpaired) electrons. The number of benzene rings is 1. The number of nitrogens with one attached hydrogen (secondary N) is 1. The van der Waals surface area contributed by atoms with Gasteiger partial charge in [-0.3, -0.25) is 4.79 Å². The monoisotopic (exact) mass is 390 g/mol. The van der Waals surface area contributed by atoms with Crippen molar-refractivity contribution in [3.05, 3.63) is 29.8 Å². The molecule has 1 atom stereocenters. The zero-order valence-corrected chi connectivity index (χ0v) is 17.6. The molecule has 1 heterocycles. The van der Waals surface area contributed by atoms with Crippen molar-refractivity contribution in [1.29, 1.82) is 0 Å². The summed E-state index contributed by atoms with van der Waals surface area (Å²) in [5.41, 5.74) is 0.629. The fourth-order valence-electron chi connectivity index (χ4n) is 3.46. The molecule has 1 saturated heterocycles. The normalized spacial score (nSPS) is 17.1. The number of rotatable bonds is 7. The first kappa shape index (κ1) is 22.1. The molecule has 6 heteroatoms. The van der Waals surface area contributed by atoms with Crippen LogP contribution >= 0.6 is 0 Å². The van der Waals surface area contributed by atoms with Crippen molar-refractivity contribution >= 4 is 12.0 Å². The zero-order chi connectivity index (χ0) is 20.6. The number of carbonyl (C=O) groups is 2. The molecular weight excluding hydrogens is 356 g/mol. The van der Waals surface area contributed by atoms with E-state index in [4.69, 9.17) is 9.47 Å². The number of likely N-dealkylation sites (tertiary alicyclic amines) is 1. The van der Waals surface area contributed by atoms with Crippen LogP contribution in [0.2, 0.25) is 0 Å². The van der Waals surface area contributed by atoms with Gasteiger partial charge in [-0.2, -0.15) is 0 Å². The molecule has 1 aliphatic heterocycles. The smallest absolute Gasteiger partial charge is 0.407 e. The Morgan fingerprint density at radius 1 is 1.29 bits per heavy atom. The van der Waals surface area contributed by atoms with Crippen LogP contribution in [0.5, 0.6) is 5.75 Å². The molecule has 156 valence electrons. The third-order valence-electron chi connectivity index (χ3n) is 4.85. The summed E-state index contributed by atoms with van der Waals surface area (Å²) < 4.78 is 10.5. The number of hydrogen-bond acceptors (Lipinski definition) is 4. The summed E-state index contributed by atoms with van der Waals surface area (Å²) in [6, 6.07) is 7.87. The van der Waals surface area contributed by atoms with E-state index in [0.29, 0.717) is 18.9 Å². The fourth-order valence-corrected chi connectivity index (χ4v) is 3.46. The average molecular weight is 391 g/mol. The van der Waals surface area contributed by atoms with Gasteiger partial charge in [-0.05, 0) is 70.1 Å². The van der Waals surface area contributed by atoms with Crippen LogP contribution in [0.25, 0.3) is 0 Å². The minimum absolute atomic E-state index is 0.202. The van der Waals surface area contributed by atoms with Gasteiger partial charge in [0.1, 0.15) is 11.4 Å². The van der Waals surface area contributed by atoms with Crippen LogP contribution in [0.4, 0.5) is 4.79 Å². The van der Waals surface area contributed by atoms with E-state index in [9.17, 15) is 9.59 Å². The molecule has 6 nitrogen and oxygen atoms in total. The van der Waals surface area contributed by atoms with E-state index >= 15 is 0 Å². The van der Waals surface area contributed by atoms with E-state index < -0.39 is 5.60 Å². The topological polar surface area (TPSA) is 67.9 Å². The van der Waals surface area contributed by atoms with Crippen molar-refractivity contribution < 1.29 is 19.1 Å². The first-order chi connectivity index (χ1) is 13.3. The van der Waals surface area contributed by atoms with Gasteiger partial charge >= 0.3 is 6.09 Å². The van der Waals surface area contributed by atoms with Crippen LogP contribution in [0, 0.1) is 5.92 Å². The van der Waals surface area contributed by atoms with Crippen LogP contribution in [-0.4, -0.2) is 49.2 Å². The summed E-state index contributed by atoms with van der Waals surface area (Å²) in [5.74, 6) is 1.44. The fraction of sp³-hybridized carbons (Fsp3) is 0.636. The minimum Gasteiger partial charge on any atom is -0.497 e. The Hall–Kier alpha value is -2.24. The lowest BCUT2D eigenvalue weighted by molar-refractivity contribution is -0.133. The summed E-state index contributed by atoms with van der Waals surface area (Å²) in [6.07, 6.45) is 3.82. The number of aryl methyl sites for hydroxylation is 1. The summed E-state index contributed by atoms with van der Waals surface area (Å²) in [7, 11) is 1.65. The molecule has 1 fully saturated rings. The molecule has 1 N–H and O–H groups in total. The lowest BCUT2D eigenvalue weighted by atomic mass is 9.94. The van der Waals surface area contributed by atoms with Gasteiger partial charge in [0.2, 0.25) is 5.91 Å². The van der Waals surface area contributed by atoms with Crippen molar-refractivity contribution in [2.45, 2.75) is 58.5 Å². The highest BCUT2D eigenvalue weighted by molar-refractivity contribution is 5.76. The highest BCUT2D eigenvalue weighted by atomic mass is 16.6. The molecule has 1 aliphatic rings. The molecule has 0 unspecified atom stereocenters. The molecule has 1 aromatic rings. The van der Waals surface area contributed by atoms with Gasteiger partial charge in [-0.25, -0.2) is 4.79 Å². The van der Waals surface area contributed by atoms with Crippen molar-refractivity contribution in [3.63, 3.8) is 0 Å². The van der Waals surface area contributed by atoms with Gasteiger partial charge in [-0.1, -0.05) is 12.1 Å². The maximum Gasteiger partial charge on any atom is 0.407 e. The maximum atomic E-state index is 12.6. The second kappa shape index (κ2) is 10.3. The third-order valence-corrected chi connectivity index (χ3v) is 4.85. The Labute approximate surface area is 168 Å². The van der Waals surface area contributed by atoms with E-state index in [1.165, 1.54) is 0 Å². The third kappa shape index (κ3) is 7.79. The second-order valence-corrected chi connectivity index (χ2v) is 8.42. The van der Waals surface area contributed by atoms with Crippen LogP contribution < -0.4 is 10.1 Å². The van der Waals surface area contributed by atoms with Gasteiger partial charge in [0.05, 0.1) is 7.11 Å². The van der Waals surface area contributed by atoms with Crippen molar-refractivity contribution in [2.75, 3.05) is 26.7 Å². The Balaban J connectivity index is 1.72. The van der Waals surface area contributed by atoms with Gasteiger partial charge in [0, 0.05) is 26.1 Å². The second-order valence-electron chi connectivity index (χ2n) is 8.42. The molecule has 0 saturated carbocycles. The zero-order valence-electron chi connectivity index (χ0n) is 17.6. The number of carbonyl (C=O) groups excluding carboxylic acids is 2. The highest BCUT2D eigenvalue weighted by Crippen LogP contribution is 2.21. The molecule has 0 spiro atoms. The number of piperidine rings is 1. The summed E-state index contributed by atoms with van der Waals surface area (Å²) in [6.45, 7) is 7.72. The number of ether oxygens (including phenoxy) is 2. The predicted molar refractivity (Wildman–Crippen MR) is 109 cm³/mol. The summed E-state index contributed by atoms with van der Waals surface area (Å²) >= 11 is 0. The molecule has 2 rings (SSSR count). The highest BCUT2D eigenvalue weighted by Gasteiger charge is 2.23. The van der Waals surface area contributed by atoms with Crippen LogP contribution in [0.15, 0.2) is 24.3 Å². The number of nitrogens with zero attached hydrogens (tertiary/aromatic N) is 1. The molecule has 0 aliphatic carbocycles. The summed E-state index contributed by atoms with van der Waals surface area (Å²) in [4.78, 5) is 26.3. The Morgan fingerprint density at radius 3 is 2.79 bits per heavy atom. The van der Waals surface area contributed by atoms with Gasteiger partial charge < -0.3 is 19.7 Å². The van der Waals surface area contributed by atoms with Crippen LogP contribution in [0.3, 0.4) is 0 Å². The minimum atomic E-state index is -0.485. The Kier molecular flexibility index (Phi) is 8.15. The largest absolute Gasteiger partial charge is 0.497 e. The molecule has 0 aromatic heterocycles. The van der Waals surface area contributed by atoms with E-state index in [1.54, 1.807) is 7.11 Å². The summed E-state index contributed by atoms with van der Waals surface area (Å²) in [5, 5.41) is 2.81. The number of amides is 2. The molecule has 28 heavy (non-hydrogen) atoms. The van der Waals surface area contributed by atoms with E-state index in [0.717, 1.165) is 50.1 Å². The van der Waals surface area contributed by atoms with Gasteiger partial charge in [-0.15, -0.1) is 0 Å². The lowest BCUT2D eigenvalue weighted by Gasteiger charge is -2.33. The molecule has 0 bridgehead atoms. The number of hydrogen-bond donors (Lipinski definition) is 1.